The summed E-state index contributed by atoms with van der Waals surface area (Å²) in [5.74, 6) is -3.81. The molecule has 2 aliphatic rings. The predicted molar refractivity (Wildman–Crippen MR) is 158 cm³/mol. The number of esters is 2. The summed E-state index contributed by atoms with van der Waals surface area (Å²) in [5, 5.41) is 11.8. The summed E-state index contributed by atoms with van der Waals surface area (Å²) in [5.41, 5.74) is 2.07. The van der Waals surface area contributed by atoms with Crippen molar-refractivity contribution in [3.63, 3.8) is 0 Å². The van der Waals surface area contributed by atoms with Gasteiger partial charge in [0.15, 0.2) is 6.61 Å². The van der Waals surface area contributed by atoms with Crippen LogP contribution < -0.4 is 5.32 Å². The number of amides is 1. The highest BCUT2D eigenvalue weighted by Gasteiger charge is 2.55. The molecule has 5 rings (SSSR count). The highest BCUT2D eigenvalue weighted by atomic mass is 19.4. The summed E-state index contributed by atoms with van der Waals surface area (Å²) in [7, 11) is 0. The van der Waals surface area contributed by atoms with Gasteiger partial charge in [-0.05, 0) is 29.8 Å². The first-order valence-corrected chi connectivity index (χ1v) is 14.4. The standard InChI is InChI=1S/C34H30F3NO8/c35-33(36,37)21-43-29(40)15-14-22-8-7-9-23(18-22)32(42)44-27-19-24(31(41)38-16-17-39)20-28-30(27)46-34(45-28,25-10-3-1-4-11-25)26-12-5-2-6-13-26/h1-15,18,20,27-28,30,39H,16-17,19,21H2,(H,38,41)/t27-,28-,30+/m1/s1. The Balaban J connectivity index is 1.41. The second kappa shape index (κ2) is 14.1. The maximum atomic E-state index is 13.4. The van der Waals surface area contributed by atoms with Gasteiger partial charge >= 0.3 is 18.1 Å². The zero-order valence-corrected chi connectivity index (χ0v) is 24.3. The number of rotatable bonds is 10. The maximum Gasteiger partial charge on any atom is 0.422 e. The van der Waals surface area contributed by atoms with E-state index in [9.17, 15) is 32.7 Å². The van der Waals surface area contributed by atoms with Crippen molar-refractivity contribution in [2.75, 3.05) is 19.8 Å². The summed E-state index contributed by atoms with van der Waals surface area (Å²) >= 11 is 0. The molecule has 3 aromatic rings. The minimum atomic E-state index is -4.66. The number of nitrogens with one attached hydrogen (secondary N) is 1. The molecule has 1 aliphatic carbocycles. The first-order chi connectivity index (χ1) is 22.1. The van der Waals surface area contributed by atoms with Crippen LogP contribution in [0.3, 0.4) is 0 Å². The number of hydrogen-bond donors (Lipinski definition) is 2. The number of ether oxygens (including phenoxy) is 4. The molecule has 1 saturated heterocycles. The lowest BCUT2D eigenvalue weighted by atomic mass is 9.91. The zero-order valence-electron chi connectivity index (χ0n) is 24.3. The molecule has 0 spiro atoms. The van der Waals surface area contributed by atoms with Crippen LogP contribution in [0.1, 0.15) is 33.5 Å². The second-order valence-corrected chi connectivity index (χ2v) is 10.5. The van der Waals surface area contributed by atoms with Gasteiger partial charge in [-0.1, -0.05) is 72.8 Å². The lowest BCUT2D eigenvalue weighted by Crippen LogP contribution is -2.43. The summed E-state index contributed by atoms with van der Waals surface area (Å²) < 4.78 is 60.3. The van der Waals surface area contributed by atoms with Crippen molar-refractivity contribution in [3.05, 3.63) is 125 Å². The fraction of sp³-hybridized carbons (Fsp3) is 0.265. The van der Waals surface area contributed by atoms with Crippen LogP contribution in [0.2, 0.25) is 0 Å². The van der Waals surface area contributed by atoms with Crippen LogP contribution in [0.25, 0.3) is 6.08 Å². The molecule has 9 nitrogen and oxygen atoms in total. The molecule has 1 aliphatic heterocycles. The smallest absolute Gasteiger partial charge is 0.422 e. The topological polar surface area (TPSA) is 120 Å². The lowest BCUT2D eigenvalue weighted by Gasteiger charge is -2.31. The van der Waals surface area contributed by atoms with Crippen LogP contribution in [-0.4, -0.2) is 67.2 Å². The van der Waals surface area contributed by atoms with Gasteiger partial charge in [-0.25, -0.2) is 9.59 Å². The number of aliphatic hydroxyl groups is 1. The van der Waals surface area contributed by atoms with Gasteiger partial charge in [-0.3, -0.25) is 4.79 Å². The number of carbonyl (C=O) groups excluding carboxylic acids is 3. The molecule has 1 fully saturated rings. The van der Waals surface area contributed by atoms with Gasteiger partial charge in [-0.2, -0.15) is 13.2 Å². The Morgan fingerprint density at radius 1 is 0.957 bits per heavy atom. The van der Waals surface area contributed by atoms with Crippen molar-refractivity contribution >= 4 is 23.9 Å². The molecule has 240 valence electrons. The van der Waals surface area contributed by atoms with E-state index in [0.29, 0.717) is 16.7 Å². The van der Waals surface area contributed by atoms with Crippen molar-refractivity contribution in [1.29, 1.82) is 0 Å². The Hall–Kier alpha value is -4.78. The molecule has 0 aromatic heterocycles. The number of alkyl halides is 3. The molecule has 0 unspecified atom stereocenters. The van der Waals surface area contributed by atoms with Gasteiger partial charge in [0.1, 0.15) is 18.3 Å². The summed E-state index contributed by atoms with van der Waals surface area (Å²) in [6, 6.07) is 24.4. The highest BCUT2D eigenvalue weighted by Crippen LogP contribution is 2.47. The van der Waals surface area contributed by atoms with E-state index in [-0.39, 0.29) is 30.7 Å². The summed E-state index contributed by atoms with van der Waals surface area (Å²) in [6.07, 6.45) is -3.63. The van der Waals surface area contributed by atoms with E-state index in [4.69, 9.17) is 14.2 Å². The van der Waals surface area contributed by atoms with E-state index in [1.54, 1.807) is 6.08 Å². The van der Waals surface area contributed by atoms with E-state index in [0.717, 1.165) is 6.08 Å². The van der Waals surface area contributed by atoms with Crippen molar-refractivity contribution in [2.24, 2.45) is 0 Å². The number of carbonyl (C=O) groups is 3. The van der Waals surface area contributed by atoms with Gasteiger partial charge in [0.25, 0.3) is 0 Å². The largest absolute Gasteiger partial charge is 0.456 e. The fourth-order valence-corrected chi connectivity index (χ4v) is 5.21. The highest BCUT2D eigenvalue weighted by molar-refractivity contribution is 5.94. The Labute approximate surface area is 262 Å². The molecule has 2 N–H and O–H groups in total. The quantitative estimate of drug-likeness (QED) is 0.247. The third-order valence-corrected chi connectivity index (χ3v) is 7.25. The van der Waals surface area contributed by atoms with Gasteiger partial charge in [-0.15, -0.1) is 0 Å². The minimum absolute atomic E-state index is 0.0160. The van der Waals surface area contributed by atoms with Crippen LogP contribution in [0, 0.1) is 0 Å². The second-order valence-electron chi connectivity index (χ2n) is 10.5. The fourth-order valence-electron chi connectivity index (χ4n) is 5.21. The molecular formula is C34H30F3NO8. The van der Waals surface area contributed by atoms with E-state index < -0.39 is 54.7 Å². The third kappa shape index (κ3) is 7.71. The molecule has 0 bridgehead atoms. The average Bonchev–Trinajstić information content (AvgIpc) is 3.47. The normalized spacial score (nSPS) is 20.4. The van der Waals surface area contributed by atoms with E-state index in [2.05, 4.69) is 10.1 Å². The van der Waals surface area contributed by atoms with Crippen molar-refractivity contribution in [1.82, 2.24) is 5.32 Å². The molecule has 0 saturated carbocycles. The van der Waals surface area contributed by atoms with Crippen molar-refractivity contribution in [3.8, 4) is 0 Å². The van der Waals surface area contributed by atoms with Crippen LogP contribution in [0.15, 0.2) is 103 Å². The monoisotopic (exact) mass is 637 g/mol. The Kier molecular flexibility index (Phi) is 10.0. The van der Waals surface area contributed by atoms with Gasteiger partial charge < -0.3 is 29.4 Å². The SMILES string of the molecule is O=C(C=Cc1cccc(C(=O)O[C@@H]2CC(C(=O)NCCO)=C[C@H]3OC(c4ccccc4)(c4ccccc4)O[C@H]32)c1)OCC(F)(F)F. The Morgan fingerprint density at radius 2 is 1.63 bits per heavy atom. The zero-order chi connectivity index (χ0) is 32.7. The molecular weight excluding hydrogens is 607 g/mol. The van der Waals surface area contributed by atoms with Gasteiger partial charge in [0.05, 0.1) is 12.2 Å². The molecule has 3 aromatic carbocycles. The van der Waals surface area contributed by atoms with E-state index in [1.165, 1.54) is 30.3 Å². The third-order valence-electron chi connectivity index (χ3n) is 7.25. The number of fused-ring (bicyclic) bond motifs is 1. The Bertz CT molecular complexity index is 1570. The predicted octanol–water partition coefficient (Wildman–Crippen LogP) is 4.45. The van der Waals surface area contributed by atoms with Crippen molar-refractivity contribution < 1.29 is 51.6 Å². The van der Waals surface area contributed by atoms with E-state index in [1.807, 2.05) is 60.7 Å². The Morgan fingerprint density at radius 3 is 2.26 bits per heavy atom. The first kappa shape index (κ1) is 32.6. The number of aliphatic hydroxyl groups excluding tert-OH is 1. The lowest BCUT2D eigenvalue weighted by molar-refractivity contribution is -0.182. The maximum absolute atomic E-state index is 13.4. The number of hydrogen-bond acceptors (Lipinski definition) is 8. The average molecular weight is 638 g/mol. The summed E-state index contributed by atoms with van der Waals surface area (Å²) in [4.78, 5) is 38.1. The van der Waals surface area contributed by atoms with E-state index >= 15 is 0 Å². The minimum Gasteiger partial charge on any atom is -0.456 e. The van der Waals surface area contributed by atoms with Crippen LogP contribution in [-0.2, 0) is 34.3 Å². The van der Waals surface area contributed by atoms with Gasteiger partial charge in [0.2, 0.25) is 11.7 Å². The molecule has 1 amide bonds. The molecule has 46 heavy (non-hydrogen) atoms. The summed E-state index contributed by atoms with van der Waals surface area (Å²) in [6.45, 7) is -1.96. The molecule has 0 radical (unpaired) electrons. The molecule has 3 atom stereocenters. The molecule has 1 heterocycles. The number of benzene rings is 3. The van der Waals surface area contributed by atoms with Crippen LogP contribution >= 0.6 is 0 Å². The van der Waals surface area contributed by atoms with Crippen LogP contribution in [0.4, 0.5) is 13.2 Å². The first-order valence-electron chi connectivity index (χ1n) is 14.4. The molecule has 12 heteroatoms. The van der Waals surface area contributed by atoms with Gasteiger partial charge in [0, 0.05) is 35.7 Å². The number of halogens is 3. The van der Waals surface area contributed by atoms with Crippen LogP contribution in [0.5, 0.6) is 0 Å². The van der Waals surface area contributed by atoms with Crippen molar-refractivity contribution in [2.45, 2.75) is 36.7 Å².